The summed E-state index contributed by atoms with van der Waals surface area (Å²) in [7, 11) is 0. The van der Waals surface area contributed by atoms with E-state index < -0.39 is 0 Å². The molecule has 0 unspecified atom stereocenters. The highest BCUT2D eigenvalue weighted by molar-refractivity contribution is 7.16. The van der Waals surface area contributed by atoms with Crippen molar-refractivity contribution < 1.29 is 5.11 Å². The number of piperidine rings is 2. The van der Waals surface area contributed by atoms with Crippen molar-refractivity contribution in [1.29, 1.82) is 0 Å². The summed E-state index contributed by atoms with van der Waals surface area (Å²) < 4.78 is 0.868. The van der Waals surface area contributed by atoms with Crippen LogP contribution in [-0.4, -0.2) is 42.3 Å². The first-order valence-electron chi connectivity index (χ1n) is 7.03. The molecule has 2 aliphatic rings. The van der Waals surface area contributed by atoms with Crippen LogP contribution < -0.4 is 5.32 Å². The lowest BCUT2D eigenvalue weighted by molar-refractivity contribution is -0.0148. The lowest BCUT2D eigenvalue weighted by Crippen LogP contribution is -2.60. The van der Waals surface area contributed by atoms with Gasteiger partial charge in [-0.25, -0.2) is 0 Å². The van der Waals surface area contributed by atoms with Crippen molar-refractivity contribution in [2.24, 2.45) is 5.41 Å². The molecule has 2 atom stereocenters. The van der Waals surface area contributed by atoms with E-state index in [1.54, 1.807) is 11.3 Å². The van der Waals surface area contributed by atoms with Gasteiger partial charge in [0.2, 0.25) is 0 Å². The second-order valence-electron chi connectivity index (χ2n) is 5.82. The number of aliphatic hydroxyl groups excluding tert-OH is 1. The molecule has 2 saturated heterocycles. The third-order valence-electron chi connectivity index (χ3n) is 4.67. The molecule has 21 heavy (non-hydrogen) atoms. The first-order chi connectivity index (χ1) is 9.22. The van der Waals surface area contributed by atoms with Crippen molar-refractivity contribution in [2.45, 2.75) is 31.8 Å². The summed E-state index contributed by atoms with van der Waals surface area (Å²) in [5.41, 5.74) is 0.127. The number of nitrogens with zero attached hydrogens (tertiary/aromatic N) is 1. The van der Waals surface area contributed by atoms with E-state index in [2.05, 4.69) is 16.3 Å². The third kappa shape index (κ3) is 4.25. The number of thiophene rings is 1. The smallest absolute Gasteiger partial charge is 0.0931 e. The van der Waals surface area contributed by atoms with Crippen molar-refractivity contribution in [3.63, 3.8) is 0 Å². The maximum Gasteiger partial charge on any atom is 0.0931 e. The minimum Gasteiger partial charge on any atom is -0.396 e. The third-order valence-corrected chi connectivity index (χ3v) is 5.89. The number of rotatable bonds is 3. The van der Waals surface area contributed by atoms with Gasteiger partial charge in [0.15, 0.2) is 0 Å². The number of hydrogen-bond acceptors (Lipinski definition) is 4. The standard InChI is InChI=1S/C14H21ClN2OS.2ClH/c15-13-3-2-11(19-13)8-17-7-5-14(10-18)4-1-6-16-12(14)9-17;;/h2-3,12,16,18H,1,4-10H2;2*1H/t12-,14-;;/m1../s1. The molecule has 0 aromatic carbocycles. The molecule has 0 spiro atoms. The molecule has 3 rings (SSSR count). The Hall–Kier alpha value is 0.450. The molecular weight excluding hydrogens is 351 g/mol. The fourth-order valence-electron chi connectivity index (χ4n) is 3.46. The SMILES string of the molecule is Cl.Cl.OC[C@]12CCCN[C@@H]1CN(Cc1ccc(Cl)s1)CC2. The second kappa shape index (κ2) is 8.34. The van der Waals surface area contributed by atoms with Crippen LogP contribution in [0.4, 0.5) is 0 Å². The monoisotopic (exact) mass is 372 g/mol. The largest absolute Gasteiger partial charge is 0.396 e. The highest BCUT2D eigenvalue weighted by Gasteiger charge is 2.43. The van der Waals surface area contributed by atoms with Crippen LogP contribution in [0.1, 0.15) is 24.1 Å². The van der Waals surface area contributed by atoms with Crippen LogP contribution in [0.25, 0.3) is 0 Å². The Morgan fingerprint density at radius 2 is 2.19 bits per heavy atom. The molecule has 2 aliphatic heterocycles. The van der Waals surface area contributed by atoms with Crippen molar-refractivity contribution in [3.8, 4) is 0 Å². The van der Waals surface area contributed by atoms with E-state index in [0.29, 0.717) is 12.6 Å². The molecule has 0 amide bonds. The van der Waals surface area contributed by atoms with E-state index in [9.17, 15) is 5.11 Å². The van der Waals surface area contributed by atoms with Crippen LogP contribution in [0.2, 0.25) is 4.34 Å². The van der Waals surface area contributed by atoms with E-state index >= 15 is 0 Å². The number of likely N-dealkylation sites (tertiary alicyclic amines) is 1. The van der Waals surface area contributed by atoms with Gasteiger partial charge in [0.05, 0.1) is 10.9 Å². The van der Waals surface area contributed by atoms with Gasteiger partial charge in [0.1, 0.15) is 0 Å². The molecular formula is C14H23Cl3N2OS. The number of aliphatic hydroxyl groups is 1. The van der Waals surface area contributed by atoms with Gasteiger partial charge in [-0.3, -0.25) is 4.90 Å². The topological polar surface area (TPSA) is 35.5 Å². The van der Waals surface area contributed by atoms with Gasteiger partial charge in [-0.1, -0.05) is 11.6 Å². The second-order valence-corrected chi connectivity index (χ2v) is 7.62. The predicted molar refractivity (Wildman–Crippen MR) is 94.3 cm³/mol. The zero-order chi connectivity index (χ0) is 13.3. The Labute approximate surface area is 147 Å². The molecule has 7 heteroatoms. The number of nitrogens with one attached hydrogen (secondary N) is 1. The van der Waals surface area contributed by atoms with E-state index in [1.165, 1.54) is 17.7 Å². The van der Waals surface area contributed by atoms with Crippen LogP contribution in [0.3, 0.4) is 0 Å². The minimum atomic E-state index is 0. The van der Waals surface area contributed by atoms with Gasteiger partial charge in [0.25, 0.3) is 0 Å². The van der Waals surface area contributed by atoms with E-state index in [4.69, 9.17) is 11.6 Å². The Balaban J connectivity index is 0.00000110. The number of hydrogen-bond donors (Lipinski definition) is 2. The van der Waals surface area contributed by atoms with Gasteiger partial charge in [-0.2, -0.15) is 0 Å². The fraction of sp³-hybridized carbons (Fsp3) is 0.714. The van der Waals surface area contributed by atoms with Crippen molar-refractivity contribution >= 4 is 47.8 Å². The molecule has 3 nitrogen and oxygen atoms in total. The summed E-state index contributed by atoms with van der Waals surface area (Å²) >= 11 is 7.66. The van der Waals surface area contributed by atoms with Gasteiger partial charge in [-0.15, -0.1) is 36.2 Å². The normalized spacial score (nSPS) is 29.1. The number of halogens is 3. The molecule has 0 saturated carbocycles. The summed E-state index contributed by atoms with van der Waals surface area (Å²) in [6.07, 6.45) is 3.46. The zero-order valence-corrected chi connectivity index (χ0v) is 15.1. The van der Waals surface area contributed by atoms with Crippen LogP contribution in [0.5, 0.6) is 0 Å². The Bertz CT molecular complexity index is 446. The summed E-state index contributed by atoms with van der Waals surface area (Å²) in [6.45, 7) is 4.51. The maximum atomic E-state index is 9.78. The first kappa shape index (κ1) is 19.5. The zero-order valence-electron chi connectivity index (χ0n) is 11.9. The molecule has 1 aromatic rings. The van der Waals surface area contributed by atoms with Gasteiger partial charge in [0, 0.05) is 29.4 Å². The first-order valence-corrected chi connectivity index (χ1v) is 8.22. The molecule has 0 radical (unpaired) electrons. The number of fused-ring (bicyclic) bond motifs is 1. The molecule has 2 fully saturated rings. The van der Waals surface area contributed by atoms with Crippen LogP contribution in [0.15, 0.2) is 12.1 Å². The molecule has 122 valence electrons. The summed E-state index contributed by atoms with van der Waals surface area (Å²) in [5.74, 6) is 0. The van der Waals surface area contributed by atoms with Crippen molar-refractivity contribution in [1.82, 2.24) is 10.2 Å². The highest BCUT2D eigenvalue weighted by atomic mass is 35.5. The average molecular weight is 374 g/mol. The highest BCUT2D eigenvalue weighted by Crippen LogP contribution is 2.38. The Morgan fingerprint density at radius 1 is 1.38 bits per heavy atom. The van der Waals surface area contributed by atoms with Crippen LogP contribution in [-0.2, 0) is 6.54 Å². The van der Waals surface area contributed by atoms with Gasteiger partial charge in [-0.05, 0) is 44.5 Å². The summed E-state index contributed by atoms with van der Waals surface area (Å²) in [6, 6.07) is 4.54. The minimum absolute atomic E-state index is 0. The van der Waals surface area contributed by atoms with Crippen LogP contribution >= 0.6 is 47.8 Å². The van der Waals surface area contributed by atoms with Crippen LogP contribution in [0, 0.1) is 5.41 Å². The lowest BCUT2D eigenvalue weighted by atomic mass is 9.70. The molecule has 2 N–H and O–H groups in total. The van der Waals surface area contributed by atoms with E-state index in [1.807, 2.05) is 6.07 Å². The Morgan fingerprint density at radius 3 is 2.86 bits per heavy atom. The lowest BCUT2D eigenvalue weighted by Gasteiger charge is -2.50. The summed E-state index contributed by atoms with van der Waals surface area (Å²) in [4.78, 5) is 3.82. The van der Waals surface area contributed by atoms with E-state index in [-0.39, 0.29) is 30.2 Å². The summed E-state index contributed by atoms with van der Waals surface area (Å²) in [5, 5.41) is 13.4. The van der Waals surface area contributed by atoms with Crippen molar-refractivity contribution in [2.75, 3.05) is 26.2 Å². The Kier molecular flexibility index (Phi) is 7.75. The van der Waals surface area contributed by atoms with Gasteiger partial charge < -0.3 is 10.4 Å². The maximum absolute atomic E-state index is 9.78. The molecule has 3 heterocycles. The predicted octanol–water partition coefficient (Wildman–Crippen LogP) is 3.18. The van der Waals surface area contributed by atoms with Crippen molar-refractivity contribution in [3.05, 3.63) is 21.3 Å². The molecule has 0 aliphatic carbocycles. The molecule has 0 bridgehead atoms. The molecule has 1 aromatic heterocycles. The van der Waals surface area contributed by atoms with Gasteiger partial charge >= 0.3 is 0 Å². The quantitative estimate of drug-likeness (QED) is 0.854. The average Bonchev–Trinajstić information content (AvgIpc) is 2.84. The van der Waals surface area contributed by atoms with E-state index in [0.717, 1.165) is 36.9 Å². The fourth-order valence-corrected chi connectivity index (χ4v) is 4.59.